The summed E-state index contributed by atoms with van der Waals surface area (Å²) in [6.07, 6.45) is 3.83. The maximum absolute atomic E-state index is 13.5. The first kappa shape index (κ1) is 29.4. The monoisotopic (exact) mass is 615 g/mol. The molecule has 3 aromatic heterocycles. The number of imidazole rings is 1. The number of aromatic nitrogens is 4. The van der Waals surface area contributed by atoms with E-state index in [4.69, 9.17) is 14.5 Å². The number of amides is 1. The normalized spacial score (nSPS) is 15.0. The fourth-order valence-corrected chi connectivity index (χ4v) is 7.05. The molecule has 1 unspecified atom stereocenters. The second-order valence-electron chi connectivity index (χ2n) is 10.7. The Balaban J connectivity index is 1.35. The highest BCUT2D eigenvalue weighted by Crippen LogP contribution is 2.36. The molecule has 4 heterocycles. The molecule has 0 saturated carbocycles. The Labute approximate surface area is 255 Å². The van der Waals surface area contributed by atoms with E-state index in [1.54, 1.807) is 61.3 Å². The number of hydrogen-bond acceptors (Lipinski definition) is 8. The zero-order chi connectivity index (χ0) is 30.8. The third-order valence-electron chi connectivity index (χ3n) is 7.98. The highest BCUT2D eigenvalue weighted by molar-refractivity contribution is 7.90. The molecular formula is C32H33N5O6S. The maximum atomic E-state index is 13.5. The minimum atomic E-state index is -3.91. The van der Waals surface area contributed by atoms with Gasteiger partial charge in [-0.25, -0.2) is 27.2 Å². The van der Waals surface area contributed by atoms with E-state index in [1.807, 2.05) is 34.9 Å². The topological polar surface area (TPSA) is 126 Å². The number of nitrogens with zero attached hydrogens (tertiary/aromatic N) is 5. The van der Waals surface area contributed by atoms with Gasteiger partial charge in [0.05, 0.1) is 23.2 Å². The first-order chi connectivity index (χ1) is 21.3. The van der Waals surface area contributed by atoms with Gasteiger partial charge in [-0.3, -0.25) is 4.79 Å². The fourth-order valence-electron chi connectivity index (χ4n) is 5.73. The second kappa shape index (κ2) is 12.1. The van der Waals surface area contributed by atoms with Gasteiger partial charge in [0.25, 0.3) is 10.0 Å². The summed E-state index contributed by atoms with van der Waals surface area (Å²) in [7, 11) is -3.91. The molecule has 1 atom stereocenters. The van der Waals surface area contributed by atoms with Gasteiger partial charge < -0.3 is 18.9 Å². The standard InChI is InChI=1S/C32H33N5O6S/c1-3-42-31(38)22(2)29-34-27-20-33-30-26(16-19-36(30)44(40,41)25-12-8-5-9-13-25)28(27)37(29)24-14-17-35(18-15-24)32(39)43-21-23-10-6-4-7-11-23/h4-13,16,19-20,22,24H,3,14-15,17-18,21H2,1-2H3. The number of fused-ring (bicyclic) bond motifs is 3. The van der Waals surface area contributed by atoms with Gasteiger partial charge in [0.2, 0.25) is 0 Å². The van der Waals surface area contributed by atoms with E-state index in [0.717, 1.165) is 5.56 Å². The molecule has 1 aliphatic rings. The molecule has 2 aromatic carbocycles. The van der Waals surface area contributed by atoms with Crippen LogP contribution < -0.4 is 0 Å². The molecule has 0 aliphatic carbocycles. The molecule has 228 valence electrons. The van der Waals surface area contributed by atoms with E-state index in [0.29, 0.717) is 48.2 Å². The highest BCUT2D eigenvalue weighted by Gasteiger charge is 2.33. The van der Waals surface area contributed by atoms with Crippen molar-refractivity contribution in [2.24, 2.45) is 0 Å². The molecule has 1 aliphatic heterocycles. The average Bonchev–Trinajstić information content (AvgIpc) is 3.67. The summed E-state index contributed by atoms with van der Waals surface area (Å²) in [6.45, 7) is 4.83. The third-order valence-corrected chi connectivity index (χ3v) is 9.66. The number of benzene rings is 2. The number of likely N-dealkylation sites (tertiary alicyclic amines) is 1. The van der Waals surface area contributed by atoms with Gasteiger partial charge in [-0.15, -0.1) is 0 Å². The van der Waals surface area contributed by atoms with Gasteiger partial charge in [0.1, 0.15) is 23.9 Å². The molecule has 1 fully saturated rings. The molecule has 0 N–H and O–H groups in total. The molecule has 12 heteroatoms. The van der Waals surface area contributed by atoms with Crippen LogP contribution in [-0.4, -0.2) is 63.6 Å². The Morgan fingerprint density at radius 2 is 1.66 bits per heavy atom. The summed E-state index contributed by atoms with van der Waals surface area (Å²) < 4.78 is 41.2. The predicted molar refractivity (Wildman–Crippen MR) is 164 cm³/mol. The van der Waals surface area contributed by atoms with E-state index >= 15 is 0 Å². The van der Waals surface area contributed by atoms with E-state index in [1.165, 1.54) is 10.2 Å². The van der Waals surface area contributed by atoms with Crippen LogP contribution in [0.15, 0.2) is 84.0 Å². The van der Waals surface area contributed by atoms with Gasteiger partial charge in [-0.1, -0.05) is 48.5 Å². The first-order valence-corrected chi connectivity index (χ1v) is 16.0. The van der Waals surface area contributed by atoms with Crippen LogP contribution in [0.1, 0.15) is 50.0 Å². The van der Waals surface area contributed by atoms with Crippen LogP contribution in [0.25, 0.3) is 22.1 Å². The molecule has 1 saturated heterocycles. The van der Waals surface area contributed by atoms with Gasteiger partial charge in [0, 0.05) is 30.7 Å². The molecule has 0 bridgehead atoms. The van der Waals surface area contributed by atoms with E-state index in [9.17, 15) is 18.0 Å². The van der Waals surface area contributed by atoms with Crippen molar-refractivity contribution in [3.8, 4) is 0 Å². The Morgan fingerprint density at radius 3 is 2.34 bits per heavy atom. The number of esters is 1. The number of pyridine rings is 1. The summed E-state index contributed by atoms with van der Waals surface area (Å²) in [5.74, 6) is -0.572. The zero-order valence-corrected chi connectivity index (χ0v) is 25.3. The van der Waals surface area contributed by atoms with Gasteiger partial charge >= 0.3 is 12.1 Å². The van der Waals surface area contributed by atoms with Crippen LogP contribution >= 0.6 is 0 Å². The van der Waals surface area contributed by atoms with Crippen LogP contribution in [0, 0.1) is 0 Å². The number of ether oxygens (including phenoxy) is 2. The Kier molecular flexibility index (Phi) is 8.09. The second-order valence-corrected chi connectivity index (χ2v) is 12.5. The number of carbonyl (C=O) groups is 2. The number of carbonyl (C=O) groups excluding carboxylic acids is 2. The molecule has 0 spiro atoms. The molecule has 5 aromatic rings. The van der Waals surface area contributed by atoms with Crippen molar-refractivity contribution in [2.45, 2.75) is 50.2 Å². The summed E-state index contributed by atoms with van der Waals surface area (Å²) in [5.41, 5.74) is 2.41. The van der Waals surface area contributed by atoms with Crippen molar-refractivity contribution >= 4 is 44.2 Å². The van der Waals surface area contributed by atoms with E-state index in [2.05, 4.69) is 4.98 Å². The van der Waals surface area contributed by atoms with Crippen molar-refractivity contribution in [3.63, 3.8) is 0 Å². The summed E-state index contributed by atoms with van der Waals surface area (Å²) >= 11 is 0. The zero-order valence-electron chi connectivity index (χ0n) is 24.5. The molecule has 44 heavy (non-hydrogen) atoms. The van der Waals surface area contributed by atoms with Gasteiger partial charge in [-0.05, 0) is 50.5 Å². The molecule has 11 nitrogen and oxygen atoms in total. The summed E-state index contributed by atoms with van der Waals surface area (Å²) in [5, 5.41) is 0.599. The lowest BCUT2D eigenvalue weighted by Crippen LogP contribution is -2.39. The summed E-state index contributed by atoms with van der Waals surface area (Å²) in [6, 6.07) is 19.3. The minimum absolute atomic E-state index is 0.121. The fraction of sp³-hybridized carbons (Fsp3) is 0.312. The average molecular weight is 616 g/mol. The van der Waals surface area contributed by atoms with Crippen LogP contribution in [-0.2, 0) is 30.9 Å². The third kappa shape index (κ3) is 5.41. The molecular weight excluding hydrogens is 582 g/mol. The van der Waals surface area contributed by atoms with Gasteiger partial charge in [0.15, 0.2) is 5.65 Å². The van der Waals surface area contributed by atoms with E-state index < -0.39 is 21.9 Å². The van der Waals surface area contributed by atoms with Crippen LogP contribution in [0.2, 0.25) is 0 Å². The maximum Gasteiger partial charge on any atom is 0.410 e. The highest BCUT2D eigenvalue weighted by atomic mass is 32.2. The van der Waals surface area contributed by atoms with Crippen LogP contribution in [0.4, 0.5) is 4.79 Å². The molecule has 1 amide bonds. The van der Waals surface area contributed by atoms with Crippen molar-refractivity contribution in [1.82, 2.24) is 23.4 Å². The van der Waals surface area contributed by atoms with Crippen molar-refractivity contribution in [2.75, 3.05) is 19.7 Å². The Hall–Kier alpha value is -4.71. The lowest BCUT2D eigenvalue weighted by atomic mass is 10.0. The molecule has 0 radical (unpaired) electrons. The first-order valence-electron chi connectivity index (χ1n) is 14.6. The van der Waals surface area contributed by atoms with Crippen LogP contribution in [0.3, 0.4) is 0 Å². The van der Waals surface area contributed by atoms with Crippen molar-refractivity contribution in [3.05, 3.63) is 90.5 Å². The lowest BCUT2D eigenvalue weighted by molar-refractivity contribution is -0.144. The molecule has 6 rings (SSSR count). The quantitative estimate of drug-likeness (QED) is 0.216. The van der Waals surface area contributed by atoms with E-state index in [-0.39, 0.29) is 35.9 Å². The van der Waals surface area contributed by atoms with Crippen LogP contribution in [0.5, 0.6) is 0 Å². The van der Waals surface area contributed by atoms with Gasteiger partial charge in [-0.2, -0.15) is 0 Å². The SMILES string of the molecule is CCOC(=O)C(C)c1nc2cnc3c(ccn3S(=O)(=O)c3ccccc3)c2n1C1CCN(C(=O)OCc2ccccc2)CC1. The largest absolute Gasteiger partial charge is 0.465 e. The van der Waals surface area contributed by atoms with Crippen molar-refractivity contribution < 1.29 is 27.5 Å². The Morgan fingerprint density at radius 1 is 0.977 bits per heavy atom. The number of piperidine rings is 1. The number of rotatable bonds is 8. The minimum Gasteiger partial charge on any atom is -0.465 e. The predicted octanol–water partition coefficient (Wildman–Crippen LogP) is 5.26. The smallest absolute Gasteiger partial charge is 0.410 e. The number of hydrogen-bond donors (Lipinski definition) is 0. The van der Waals surface area contributed by atoms with Crippen molar-refractivity contribution in [1.29, 1.82) is 0 Å². The lowest BCUT2D eigenvalue weighted by Gasteiger charge is -2.33. The Bertz CT molecular complexity index is 1910. The summed E-state index contributed by atoms with van der Waals surface area (Å²) in [4.78, 5) is 36.9.